The largest absolute Gasteiger partial charge is 0.482 e. The van der Waals surface area contributed by atoms with Crippen LogP contribution in [0.25, 0.3) is 0 Å². The second-order valence-electron chi connectivity index (χ2n) is 8.36. The van der Waals surface area contributed by atoms with Crippen molar-refractivity contribution in [2.45, 2.75) is 38.8 Å². The fourth-order valence-corrected chi connectivity index (χ4v) is 4.25. The number of halogens is 3. The maximum Gasteiger partial charge on any atom is 0.261 e. The molecule has 0 saturated heterocycles. The van der Waals surface area contributed by atoms with Crippen LogP contribution >= 0.6 is 34.8 Å². The van der Waals surface area contributed by atoms with Crippen LogP contribution in [0.5, 0.6) is 5.75 Å². The standard InChI is InChI=1S/C28H29Cl3N2O3/c1-2-3-15-32-28(35)25(16-20-7-5-4-6-8-20)33(18-21-9-11-22(29)12-10-21)27(34)19-36-26-14-13-23(30)17-24(26)31/h4-14,17,25H,2-3,15-16,18-19H2,1H3,(H,32,35). The van der Waals surface area contributed by atoms with Gasteiger partial charge in [0, 0.05) is 29.6 Å². The number of benzene rings is 3. The molecule has 0 aliphatic heterocycles. The van der Waals surface area contributed by atoms with E-state index >= 15 is 0 Å². The van der Waals surface area contributed by atoms with Gasteiger partial charge >= 0.3 is 0 Å². The van der Waals surface area contributed by atoms with Gasteiger partial charge in [0.15, 0.2) is 6.61 Å². The van der Waals surface area contributed by atoms with E-state index in [1.165, 1.54) is 0 Å². The lowest BCUT2D eigenvalue weighted by molar-refractivity contribution is -0.142. The molecule has 0 heterocycles. The summed E-state index contributed by atoms with van der Waals surface area (Å²) in [5.74, 6) is -0.213. The molecule has 0 fully saturated rings. The predicted molar refractivity (Wildman–Crippen MR) is 146 cm³/mol. The Balaban J connectivity index is 1.88. The first kappa shape index (κ1) is 27.9. The van der Waals surface area contributed by atoms with E-state index in [2.05, 4.69) is 12.2 Å². The Kier molecular flexibility index (Phi) is 10.9. The van der Waals surface area contributed by atoms with Crippen molar-refractivity contribution in [3.63, 3.8) is 0 Å². The van der Waals surface area contributed by atoms with Crippen molar-refractivity contribution in [3.05, 3.63) is 99.0 Å². The van der Waals surface area contributed by atoms with Crippen molar-refractivity contribution < 1.29 is 14.3 Å². The minimum absolute atomic E-state index is 0.209. The minimum Gasteiger partial charge on any atom is -0.482 e. The molecule has 0 spiro atoms. The molecule has 0 radical (unpaired) electrons. The van der Waals surface area contributed by atoms with Crippen LogP contribution in [0.15, 0.2) is 72.8 Å². The van der Waals surface area contributed by atoms with E-state index in [1.54, 1.807) is 35.2 Å². The van der Waals surface area contributed by atoms with Crippen molar-refractivity contribution >= 4 is 46.6 Å². The molecule has 0 aliphatic rings. The third kappa shape index (κ3) is 8.44. The van der Waals surface area contributed by atoms with Gasteiger partial charge in [-0.3, -0.25) is 9.59 Å². The second-order valence-corrected chi connectivity index (χ2v) is 9.64. The van der Waals surface area contributed by atoms with Crippen LogP contribution in [0.4, 0.5) is 0 Å². The molecule has 1 atom stereocenters. The Morgan fingerprint density at radius 2 is 1.61 bits per heavy atom. The highest BCUT2D eigenvalue weighted by molar-refractivity contribution is 6.35. The van der Waals surface area contributed by atoms with Crippen LogP contribution in [0.3, 0.4) is 0 Å². The van der Waals surface area contributed by atoms with E-state index < -0.39 is 6.04 Å². The van der Waals surface area contributed by atoms with Gasteiger partial charge in [-0.1, -0.05) is 90.6 Å². The summed E-state index contributed by atoms with van der Waals surface area (Å²) in [5, 5.41) is 4.36. The third-order valence-electron chi connectivity index (χ3n) is 5.61. The molecule has 3 aromatic carbocycles. The number of nitrogens with one attached hydrogen (secondary N) is 1. The average Bonchev–Trinajstić information content (AvgIpc) is 2.87. The normalized spacial score (nSPS) is 11.6. The fourth-order valence-electron chi connectivity index (χ4n) is 3.66. The molecule has 5 nitrogen and oxygen atoms in total. The number of nitrogens with zero attached hydrogens (tertiary/aromatic N) is 1. The van der Waals surface area contributed by atoms with E-state index in [9.17, 15) is 9.59 Å². The quantitative estimate of drug-likeness (QED) is 0.261. The number of rotatable bonds is 12. The molecule has 8 heteroatoms. The summed E-state index contributed by atoms with van der Waals surface area (Å²) in [5.41, 5.74) is 1.79. The fraction of sp³-hybridized carbons (Fsp3) is 0.286. The molecule has 0 aromatic heterocycles. The Morgan fingerprint density at radius 1 is 0.917 bits per heavy atom. The van der Waals surface area contributed by atoms with Gasteiger partial charge in [-0.05, 0) is 47.9 Å². The first-order chi connectivity index (χ1) is 17.4. The molecular weight excluding hydrogens is 519 g/mol. The zero-order chi connectivity index (χ0) is 25.9. The highest BCUT2D eigenvalue weighted by Gasteiger charge is 2.30. The summed E-state index contributed by atoms with van der Waals surface area (Å²) >= 11 is 18.2. The highest BCUT2D eigenvalue weighted by atomic mass is 35.5. The van der Waals surface area contributed by atoms with Crippen LogP contribution in [0, 0.1) is 0 Å². The SMILES string of the molecule is CCCCNC(=O)C(Cc1ccccc1)N(Cc1ccc(Cl)cc1)C(=O)COc1ccc(Cl)cc1Cl. The summed E-state index contributed by atoms with van der Waals surface area (Å²) in [6, 6.07) is 20.9. The zero-order valence-electron chi connectivity index (χ0n) is 20.1. The molecule has 2 amide bonds. The topological polar surface area (TPSA) is 58.6 Å². The Hall–Kier alpha value is -2.73. The number of carbonyl (C=O) groups is 2. The minimum atomic E-state index is -0.739. The molecule has 3 rings (SSSR count). The van der Waals surface area contributed by atoms with Crippen LogP contribution in [-0.4, -0.2) is 35.9 Å². The van der Waals surface area contributed by atoms with Crippen molar-refractivity contribution in [1.29, 1.82) is 0 Å². The third-order valence-corrected chi connectivity index (χ3v) is 6.39. The van der Waals surface area contributed by atoms with Gasteiger partial charge in [0.05, 0.1) is 5.02 Å². The van der Waals surface area contributed by atoms with Crippen LogP contribution < -0.4 is 10.1 Å². The number of ether oxygens (including phenoxy) is 1. The number of amides is 2. The van der Waals surface area contributed by atoms with Crippen molar-refractivity contribution in [2.24, 2.45) is 0 Å². The van der Waals surface area contributed by atoms with E-state index in [4.69, 9.17) is 39.5 Å². The second kappa shape index (κ2) is 14.1. The van der Waals surface area contributed by atoms with Gasteiger partial charge in [-0.25, -0.2) is 0 Å². The van der Waals surface area contributed by atoms with Crippen LogP contribution in [0.1, 0.15) is 30.9 Å². The van der Waals surface area contributed by atoms with E-state index in [0.717, 1.165) is 24.0 Å². The first-order valence-corrected chi connectivity index (χ1v) is 12.9. The zero-order valence-corrected chi connectivity index (χ0v) is 22.3. The maximum atomic E-state index is 13.6. The molecule has 3 aromatic rings. The molecule has 36 heavy (non-hydrogen) atoms. The summed E-state index contributed by atoms with van der Waals surface area (Å²) in [6.45, 7) is 2.53. The molecule has 1 unspecified atom stereocenters. The summed E-state index contributed by atoms with van der Waals surface area (Å²) < 4.78 is 5.74. The Morgan fingerprint density at radius 3 is 2.28 bits per heavy atom. The summed E-state index contributed by atoms with van der Waals surface area (Å²) in [7, 11) is 0. The number of hydrogen-bond donors (Lipinski definition) is 1. The molecule has 0 aliphatic carbocycles. The number of carbonyl (C=O) groups excluding carboxylic acids is 2. The summed E-state index contributed by atoms with van der Waals surface area (Å²) in [6.07, 6.45) is 2.17. The maximum absolute atomic E-state index is 13.6. The number of hydrogen-bond acceptors (Lipinski definition) is 3. The van der Waals surface area contributed by atoms with Crippen LogP contribution in [-0.2, 0) is 22.6 Å². The van der Waals surface area contributed by atoms with Crippen molar-refractivity contribution in [2.75, 3.05) is 13.2 Å². The lowest BCUT2D eigenvalue weighted by Crippen LogP contribution is -2.51. The van der Waals surface area contributed by atoms with Gasteiger partial charge in [0.1, 0.15) is 11.8 Å². The smallest absolute Gasteiger partial charge is 0.261 e. The van der Waals surface area contributed by atoms with Crippen molar-refractivity contribution in [3.8, 4) is 5.75 Å². The Bertz CT molecular complexity index is 1140. The van der Waals surface area contributed by atoms with Gasteiger partial charge in [0.25, 0.3) is 5.91 Å². The van der Waals surface area contributed by atoms with Gasteiger partial charge < -0.3 is 15.0 Å². The molecule has 190 valence electrons. The van der Waals surface area contributed by atoms with Gasteiger partial charge in [0.2, 0.25) is 5.91 Å². The lowest BCUT2D eigenvalue weighted by atomic mass is 10.0. The van der Waals surface area contributed by atoms with Gasteiger partial charge in [-0.15, -0.1) is 0 Å². The van der Waals surface area contributed by atoms with Crippen LogP contribution in [0.2, 0.25) is 15.1 Å². The monoisotopic (exact) mass is 546 g/mol. The highest BCUT2D eigenvalue weighted by Crippen LogP contribution is 2.27. The lowest BCUT2D eigenvalue weighted by Gasteiger charge is -2.31. The molecule has 0 saturated carbocycles. The van der Waals surface area contributed by atoms with E-state index in [1.807, 2.05) is 42.5 Å². The average molecular weight is 548 g/mol. The van der Waals surface area contributed by atoms with Crippen molar-refractivity contribution in [1.82, 2.24) is 10.2 Å². The molecular formula is C28H29Cl3N2O3. The summed E-state index contributed by atoms with van der Waals surface area (Å²) in [4.78, 5) is 28.5. The molecule has 0 bridgehead atoms. The van der Waals surface area contributed by atoms with E-state index in [-0.39, 0.29) is 25.0 Å². The predicted octanol–water partition coefficient (Wildman–Crippen LogP) is 6.58. The number of unbranched alkanes of at least 4 members (excludes halogenated alkanes) is 1. The Labute approximate surface area is 227 Å². The van der Waals surface area contributed by atoms with Gasteiger partial charge in [-0.2, -0.15) is 0 Å². The van der Waals surface area contributed by atoms with E-state index in [0.29, 0.717) is 33.8 Å². The first-order valence-electron chi connectivity index (χ1n) is 11.8. The molecule has 1 N–H and O–H groups in total.